The van der Waals surface area contributed by atoms with E-state index in [2.05, 4.69) is 21.7 Å². The van der Waals surface area contributed by atoms with Crippen LogP contribution in [0.3, 0.4) is 0 Å². The summed E-state index contributed by atoms with van der Waals surface area (Å²) in [5, 5.41) is 6.17. The highest BCUT2D eigenvalue weighted by atomic mass is 32.1. The van der Waals surface area contributed by atoms with Gasteiger partial charge < -0.3 is 10.6 Å². The Labute approximate surface area is 98.8 Å². The molecule has 0 radical (unpaired) electrons. The largest absolute Gasteiger partial charge is 0.348 e. The SMILES string of the molecule is Cc1ncsc1C(=O)NCC1=CCNCC1. The maximum absolute atomic E-state index is 11.8. The summed E-state index contributed by atoms with van der Waals surface area (Å²) in [4.78, 5) is 16.6. The van der Waals surface area contributed by atoms with Gasteiger partial charge in [0.25, 0.3) is 5.91 Å². The van der Waals surface area contributed by atoms with E-state index in [-0.39, 0.29) is 5.91 Å². The Kier molecular flexibility index (Phi) is 3.69. The summed E-state index contributed by atoms with van der Waals surface area (Å²) in [5.41, 5.74) is 3.81. The van der Waals surface area contributed by atoms with Crippen LogP contribution in [0.5, 0.6) is 0 Å². The van der Waals surface area contributed by atoms with Crippen LogP contribution < -0.4 is 10.6 Å². The van der Waals surface area contributed by atoms with Crippen molar-refractivity contribution in [2.24, 2.45) is 0 Å². The molecule has 5 heteroatoms. The third kappa shape index (κ3) is 2.68. The van der Waals surface area contributed by atoms with E-state index in [1.54, 1.807) is 5.51 Å². The number of nitrogens with zero attached hydrogens (tertiary/aromatic N) is 1. The molecule has 1 aromatic rings. The second-order valence-corrected chi connectivity index (χ2v) is 4.62. The van der Waals surface area contributed by atoms with Gasteiger partial charge in [-0.15, -0.1) is 11.3 Å². The molecule has 0 saturated carbocycles. The van der Waals surface area contributed by atoms with E-state index in [0.717, 1.165) is 30.1 Å². The van der Waals surface area contributed by atoms with Crippen LogP contribution in [0.4, 0.5) is 0 Å². The molecule has 1 aliphatic rings. The predicted octanol–water partition coefficient (Wildman–Crippen LogP) is 1.10. The number of aryl methyl sites for hydroxylation is 1. The molecule has 1 aromatic heterocycles. The lowest BCUT2D eigenvalue weighted by Gasteiger charge is -2.14. The van der Waals surface area contributed by atoms with E-state index in [1.165, 1.54) is 16.9 Å². The molecule has 2 N–H and O–H groups in total. The zero-order valence-corrected chi connectivity index (χ0v) is 10.1. The van der Waals surface area contributed by atoms with Crippen LogP contribution in [0.2, 0.25) is 0 Å². The molecule has 0 saturated heterocycles. The molecule has 0 atom stereocenters. The van der Waals surface area contributed by atoms with Crippen molar-refractivity contribution in [2.75, 3.05) is 19.6 Å². The standard InChI is InChI=1S/C11H15N3OS/c1-8-10(16-7-14-8)11(15)13-6-9-2-4-12-5-3-9/h2,7,12H,3-6H2,1H3,(H,13,15). The average Bonchev–Trinajstić information content (AvgIpc) is 2.74. The molecular formula is C11H15N3OS. The highest BCUT2D eigenvalue weighted by Gasteiger charge is 2.12. The van der Waals surface area contributed by atoms with Crippen molar-refractivity contribution in [1.29, 1.82) is 0 Å². The fraction of sp³-hybridized carbons (Fsp3) is 0.455. The molecule has 2 heterocycles. The Morgan fingerprint density at radius 3 is 3.19 bits per heavy atom. The van der Waals surface area contributed by atoms with Crippen molar-refractivity contribution in [3.05, 3.63) is 27.7 Å². The third-order valence-electron chi connectivity index (χ3n) is 2.59. The van der Waals surface area contributed by atoms with Crippen molar-refractivity contribution in [1.82, 2.24) is 15.6 Å². The molecule has 1 amide bonds. The first-order chi connectivity index (χ1) is 7.77. The lowest BCUT2D eigenvalue weighted by Crippen LogP contribution is -2.29. The fourth-order valence-corrected chi connectivity index (χ4v) is 2.34. The van der Waals surface area contributed by atoms with Crippen molar-refractivity contribution >= 4 is 17.2 Å². The zero-order chi connectivity index (χ0) is 11.4. The Morgan fingerprint density at radius 2 is 2.56 bits per heavy atom. The predicted molar refractivity (Wildman–Crippen MR) is 64.8 cm³/mol. The van der Waals surface area contributed by atoms with E-state index < -0.39 is 0 Å². The van der Waals surface area contributed by atoms with Gasteiger partial charge in [-0.2, -0.15) is 0 Å². The molecule has 0 unspecified atom stereocenters. The topological polar surface area (TPSA) is 54.0 Å². The van der Waals surface area contributed by atoms with Gasteiger partial charge in [0, 0.05) is 13.1 Å². The summed E-state index contributed by atoms with van der Waals surface area (Å²) in [6, 6.07) is 0. The van der Waals surface area contributed by atoms with Crippen LogP contribution in [-0.2, 0) is 0 Å². The highest BCUT2D eigenvalue weighted by Crippen LogP contribution is 2.12. The van der Waals surface area contributed by atoms with Gasteiger partial charge in [0.1, 0.15) is 4.88 Å². The highest BCUT2D eigenvalue weighted by molar-refractivity contribution is 7.11. The smallest absolute Gasteiger partial charge is 0.263 e. The maximum Gasteiger partial charge on any atom is 0.263 e. The molecule has 0 aromatic carbocycles. The lowest BCUT2D eigenvalue weighted by atomic mass is 10.1. The summed E-state index contributed by atoms with van der Waals surface area (Å²) < 4.78 is 0. The third-order valence-corrected chi connectivity index (χ3v) is 3.51. The van der Waals surface area contributed by atoms with Crippen LogP contribution in [0.25, 0.3) is 0 Å². The van der Waals surface area contributed by atoms with Gasteiger partial charge in [-0.3, -0.25) is 4.79 Å². The van der Waals surface area contributed by atoms with Gasteiger partial charge in [0.15, 0.2) is 0 Å². The molecule has 4 nitrogen and oxygen atoms in total. The zero-order valence-electron chi connectivity index (χ0n) is 9.25. The second kappa shape index (κ2) is 5.23. The van der Waals surface area contributed by atoms with Gasteiger partial charge >= 0.3 is 0 Å². The van der Waals surface area contributed by atoms with E-state index >= 15 is 0 Å². The number of thiazole rings is 1. The number of carbonyl (C=O) groups excluding carboxylic acids is 1. The normalized spacial score (nSPS) is 15.7. The Balaban J connectivity index is 1.89. The first-order valence-electron chi connectivity index (χ1n) is 5.34. The van der Waals surface area contributed by atoms with Gasteiger partial charge in [0.05, 0.1) is 11.2 Å². The van der Waals surface area contributed by atoms with E-state index in [0.29, 0.717) is 6.54 Å². The summed E-state index contributed by atoms with van der Waals surface area (Å²) >= 11 is 1.39. The maximum atomic E-state index is 11.8. The number of hydrogen-bond donors (Lipinski definition) is 2. The fourth-order valence-electron chi connectivity index (χ4n) is 1.62. The summed E-state index contributed by atoms with van der Waals surface area (Å²) in [6.45, 7) is 4.42. The molecule has 16 heavy (non-hydrogen) atoms. The lowest BCUT2D eigenvalue weighted by molar-refractivity contribution is 0.0960. The Hall–Kier alpha value is -1.20. The van der Waals surface area contributed by atoms with Gasteiger partial charge in [-0.25, -0.2) is 4.98 Å². The minimum Gasteiger partial charge on any atom is -0.348 e. The first-order valence-corrected chi connectivity index (χ1v) is 6.22. The first kappa shape index (κ1) is 11.3. The van der Waals surface area contributed by atoms with Gasteiger partial charge in [-0.1, -0.05) is 11.6 Å². The average molecular weight is 237 g/mol. The second-order valence-electron chi connectivity index (χ2n) is 3.77. The molecule has 86 valence electrons. The van der Waals surface area contributed by atoms with E-state index in [1.807, 2.05) is 6.92 Å². The quantitative estimate of drug-likeness (QED) is 0.774. The van der Waals surface area contributed by atoms with Crippen molar-refractivity contribution in [3.8, 4) is 0 Å². The molecule has 0 aliphatic carbocycles. The van der Waals surface area contributed by atoms with Crippen LogP contribution in [-0.4, -0.2) is 30.5 Å². The number of carbonyl (C=O) groups is 1. The Bertz CT molecular complexity index is 411. The number of rotatable bonds is 3. The van der Waals surface area contributed by atoms with E-state index in [9.17, 15) is 4.79 Å². The van der Waals surface area contributed by atoms with Crippen molar-refractivity contribution < 1.29 is 4.79 Å². The summed E-state index contributed by atoms with van der Waals surface area (Å²) in [7, 11) is 0. The van der Waals surface area contributed by atoms with Crippen LogP contribution in [0.15, 0.2) is 17.2 Å². The number of hydrogen-bond acceptors (Lipinski definition) is 4. The number of aromatic nitrogens is 1. The van der Waals surface area contributed by atoms with Gasteiger partial charge in [-0.05, 0) is 19.9 Å². The minimum atomic E-state index is -0.0144. The molecular weight excluding hydrogens is 222 g/mol. The molecule has 2 rings (SSSR count). The molecule has 0 fully saturated rings. The molecule has 0 spiro atoms. The molecule has 0 bridgehead atoms. The van der Waals surface area contributed by atoms with E-state index in [4.69, 9.17) is 0 Å². The minimum absolute atomic E-state index is 0.0144. The van der Waals surface area contributed by atoms with Crippen LogP contribution in [0, 0.1) is 6.92 Å². The monoisotopic (exact) mass is 237 g/mol. The van der Waals surface area contributed by atoms with Crippen LogP contribution in [0.1, 0.15) is 21.8 Å². The molecule has 1 aliphatic heterocycles. The van der Waals surface area contributed by atoms with Crippen molar-refractivity contribution in [3.63, 3.8) is 0 Å². The summed E-state index contributed by atoms with van der Waals surface area (Å²) in [6.07, 6.45) is 3.16. The number of amides is 1. The summed E-state index contributed by atoms with van der Waals surface area (Å²) in [5.74, 6) is -0.0144. The van der Waals surface area contributed by atoms with Gasteiger partial charge in [0.2, 0.25) is 0 Å². The Morgan fingerprint density at radius 1 is 1.69 bits per heavy atom. The van der Waals surface area contributed by atoms with Crippen LogP contribution >= 0.6 is 11.3 Å². The number of nitrogens with one attached hydrogen (secondary N) is 2. The van der Waals surface area contributed by atoms with Crippen molar-refractivity contribution in [2.45, 2.75) is 13.3 Å².